The second-order valence-corrected chi connectivity index (χ2v) is 9.23. The number of benzene rings is 2. The molecule has 2 rings (SSSR count). The first-order valence-corrected chi connectivity index (χ1v) is 11.2. The molecule has 0 bridgehead atoms. The van der Waals surface area contributed by atoms with Crippen molar-refractivity contribution in [3.63, 3.8) is 0 Å². The van der Waals surface area contributed by atoms with Gasteiger partial charge in [0.1, 0.15) is 28.7 Å². The average Bonchev–Trinajstić information content (AvgIpc) is 2.81. The molecule has 180 valence electrons. The molecule has 10 nitrogen and oxygen atoms in total. The molecule has 0 N–H and O–H groups in total. The molecule has 0 saturated carbocycles. The lowest BCUT2D eigenvalue weighted by Crippen LogP contribution is -2.36. The van der Waals surface area contributed by atoms with Gasteiger partial charge in [0.05, 0.1) is 28.4 Å². The summed E-state index contributed by atoms with van der Waals surface area (Å²) in [5.74, 6) is -0.0811. The molecule has 2 aromatic rings. The van der Waals surface area contributed by atoms with Crippen LogP contribution in [0.2, 0.25) is 0 Å². The minimum Gasteiger partial charge on any atom is -0.497 e. The maximum absolute atomic E-state index is 13.4. The van der Waals surface area contributed by atoms with Crippen molar-refractivity contribution >= 4 is 21.9 Å². The zero-order valence-corrected chi connectivity index (χ0v) is 20.3. The van der Waals surface area contributed by atoms with E-state index in [4.69, 9.17) is 18.9 Å². The lowest BCUT2D eigenvalue weighted by molar-refractivity contribution is -0.141. The largest absolute Gasteiger partial charge is 0.497 e. The Labute approximate surface area is 193 Å². The summed E-state index contributed by atoms with van der Waals surface area (Å²) in [4.78, 5) is 26.5. The fourth-order valence-corrected chi connectivity index (χ4v) is 4.06. The summed E-state index contributed by atoms with van der Waals surface area (Å²) in [5, 5.41) is 0. The lowest BCUT2D eigenvalue weighted by atomic mass is 10.1. The van der Waals surface area contributed by atoms with E-state index in [9.17, 15) is 18.0 Å². The molecule has 0 aromatic heterocycles. The predicted octanol–water partition coefficient (Wildman–Crippen LogP) is 1.78. The first kappa shape index (κ1) is 25.9. The second kappa shape index (κ2) is 11.0. The van der Waals surface area contributed by atoms with Gasteiger partial charge in [-0.2, -0.15) is 0 Å². The van der Waals surface area contributed by atoms with E-state index < -0.39 is 21.9 Å². The molecule has 0 aliphatic rings. The van der Waals surface area contributed by atoms with Crippen molar-refractivity contribution in [3.8, 4) is 17.2 Å². The van der Waals surface area contributed by atoms with Gasteiger partial charge in [0.15, 0.2) is 0 Å². The van der Waals surface area contributed by atoms with Crippen LogP contribution in [0.25, 0.3) is 0 Å². The van der Waals surface area contributed by atoms with Gasteiger partial charge in [-0.05, 0) is 35.9 Å². The van der Waals surface area contributed by atoms with Crippen molar-refractivity contribution in [1.29, 1.82) is 0 Å². The van der Waals surface area contributed by atoms with Crippen molar-refractivity contribution in [1.82, 2.24) is 9.21 Å². The van der Waals surface area contributed by atoms with Gasteiger partial charge in [-0.25, -0.2) is 12.7 Å². The Bertz CT molecular complexity index is 1090. The molecular weight excluding hydrogens is 452 g/mol. The van der Waals surface area contributed by atoms with Gasteiger partial charge in [0.2, 0.25) is 10.0 Å². The Kier molecular flexibility index (Phi) is 8.66. The van der Waals surface area contributed by atoms with Crippen LogP contribution in [0.3, 0.4) is 0 Å². The Hall–Kier alpha value is -3.31. The minimum atomic E-state index is -3.89. The number of rotatable bonds is 10. The van der Waals surface area contributed by atoms with Gasteiger partial charge < -0.3 is 23.8 Å². The molecule has 1 amide bonds. The van der Waals surface area contributed by atoms with Gasteiger partial charge >= 0.3 is 5.97 Å². The predicted molar refractivity (Wildman–Crippen MR) is 120 cm³/mol. The normalized spacial score (nSPS) is 11.1. The molecule has 33 heavy (non-hydrogen) atoms. The van der Waals surface area contributed by atoms with E-state index in [1.165, 1.54) is 65.6 Å². The zero-order chi connectivity index (χ0) is 24.8. The molecule has 11 heteroatoms. The van der Waals surface area contributed by atoms with Crippen molar-refractivity contribution in [3.05, 3.63) is 47.5 Å². The van der Waals surface area contributed by atoms with Crippen LogP contribution in [0.1, 0.15) is 15.9 Å². The summed E-state index contributed by atoms with van der Waals surface area (Å²) in [6.45, 7) is -0.333. The van der Waals surface area contributed by atoms with Crippen LogP contribution >= 0.6 is 0 Å². The number of hydrogen-bond acceptors (Lipinski definition) is 8. The fraction of sp³-hybridized carbons (Fsp3) is 0.364. The quantitative estimate of drug-likeness (QED) is 0.473. The molecule has 0 spiro atoms. The summed E-state index contributed by atoms with van der Waals surface area (Å²) < 4.78 is 46.9. The average molecular weight is 481 g/mol. The number of amides is 1. The monoisotopic (exact) mass is 480 g/mol. The van der Waals surface area contributed by atoms with Gasteiger partial charge in [-0.1, -0.05) is 0 Å². The fourth-order valence-electron chi connectivity index (χ4n) is 2.99. The summed E-state index contributed by atoms with van der Waals surface area (Å²) in [7, 11) is 4.42. The van der Waals surface area contributed by atoms with Gasteiger partial charge in [0, 0.05) is 32.3 Å². The molecule has 0 unspecified atom stereocenters. The molecule has 0 fully saturated rings. The smallest absolute Gasteiger partial charge is 0.325 e. The van der Waals surface area contributed by atoms with Crippen LogP contribution in [-0.2, 0) is 26.1 Å². The van der Waals surface area contributed by atoms with Crippen LogP contribution in [0.5, 0.6) is 17.2 Å². The summed E-state index contributed by atoms with van der Waals surface area (Å²) in [6, 6.07) is 9.15. The number of carbonyl (C=O) groups excluding carboxylic acids is 2. The van der Waals surface area contributed by atoms with Gasteiger partial charge in [-0.15, -0.1) is 0 Å². The maximum Gasteiger partial charge on any atom is 0.325 e. The Morgan fingerprint density at radius 2 is 1.48 bits per heavy atom. The highest BCUT2D eigenvalue weighted by atomic mass is 32.2. The van der Waals surface area contributed by atoms with E-state index in [2.05, 4.69) is 0 Å². The molecule has 0 radical (unpaired) electrons. The summed E-state index contributed by atoms with van der Waals surface area (Å²) >= 11 is 0. The third-order valence-electron chi connectivity index (χ3n) is 4.79. The highest BCUT2D eigenvalue weighted by Gasteiger charge is 2.26. The van der Waals surface area contributed by atoms with Crippen LogP contribution in [-0.4, -0.2) is 78.6 Å². The molecular formula is C22H28N2O8S. The summed E-state index contributed by atoms with van der Waals surface area (Å²) in [5.41, 5.74) is 0.702. The van der Waals surface area contributed by atoms with Crippen LogP contribution in [0.4, 0.5) is 0 Å². The van der Waals surface area contributed by atoms with E-state index >= 15 is 0 Å². The number of ether oxygens (including phenoxy) is 4. The van der Waals surface area contributed by atoms with Crippen molar-refractivity contribution in [2.24, 2.45) is 0 Å². The highest BCUT2D eigenvalue weighted by Crippen LogP contribution is 2.28. The van der Waals surface area contributed by atoms with E-state index in [1.54, 1.807) is 18.2 Å². The molecule has 0 aliphatic carbocycles. The topological polar surface area (TPSA) is 112 Å². The number of nitrogens with zero attached hydrogens (tertiary/aromatic N) is 2. The van der Waals surface area contributed by atoms with Crippen LogP contribution < -0.4 is 14.2 Å². The third-order valence-corrected chi connectivity index (χ3v) is 6.62. The molecule has 0 aliphatic heterocycles. The maximum atomic E-state index is 13.4. The van der Waals surface area contributed by atoms with E-state index in [0.29, 0.717) is 17.1 Å². The third kappa shape index (κ3) is 6.14. The van der Waals surface area contributed by atoms with E-state index in [-0.39, 0.29) is 29.3 Å². The SMILES string of the molecule is COC(=O)CN(Cc1cc(OC)cc(OC)c1)C(=O)c1ccc(OC)c(S(=O)(=O)N(C)C)c1. The Balaban J connectivity index is 2.51. The molecule has 0 atom stereocenters. The molecule has 0 heterocycles. The first-order chi connectivity index (χ1) is 15.6. The highest BCUT2D eigenvalue weighted by molar-refractivity contribution is 7.89. The van der Waals surface area contributed by atoms with Gasteiger partial charge in [0.25, 0.3) is 5.91 Å². The number of carbonyl (C=O) groups is 2. The standard InChI is InChI=1S/C22H28N2O8S/c1-23(2)33(27,28)20-11-16(7-8-19(20)31-5)22(26)24(14-21(25)32-6)13-15-9-17(29-3)12-18(10-15)30-4/h7-12H,13-14H2,1-6H3. The second-order valence-electron chi connectivity index (χ2n) is 7.11. The van der Waals surface area contributed by atoms with Crippen LogP contribution in [0, 0.1) is 0 Å². The zero-order valence-electron chi connectivity index (χ0n) is 19.4. The Morgan fingerprint density at radius 1 is 0.879 bits per heavy atom. The number of hydrogen-bond donors (Lipinski definition) is 0. The lowest BCUT2D eigenvalue weighted by Gasteiger charge is -2.23. The van der Waals surface area contributed by atoms with E-state index in [1.807, 2.05) is 0 Å². The molecule has 2 aromatic carbocycles. The Morgan fingerprint density at radius 3 is 1.97 bits per heavy atom. The first-order valence-electron chi connectivity index (χ1n) is 9.76. The number of sulfonamides is 1. The summed E-state index contributed by atoms with van der Waals surface area (Å²) in [6.07, 6.45) is 0. The van der Waals surface area contributed by atoms with Crippen molar-refractivity contribution in [2.75, 3.05) is 49.1 Å². The number of esters is 1. The van der Waals surface area contributed by atoms with Gasteiger partial charge in [-0.3, -0.25) is 9.59 Å². The van der Waals surface area contributed by atoms with Crippen molar-refractivity contribution in [2.45, 2.75) is 11.4 Å². The van der Waals surface area contributed by atoms with Crippen molar-refractivity contribution < 1.29 is 37.0 Å². The molecule has 0 saturated heterocycles. The van der Waals surface area contributed by atoms with E-state index in [0.717, 1.165) is 4.31 Å². The number of methoxy groups -OCH3 is 4. The minimum absolute atomic E-state index is 0.0171. The van der Waals surface area contributed by atoms with Crippen LogP contribution in [0.15, 0.2) is 41.3 Å².